The molecule has 7 heteroatoms. The molecule has 0 spiro atoms. The number of aromatic nitrogens is 2. The molecule has 1 heterocycles. The van der Waals surface area contributed by atoms with Crippen molar-refractivity contribution in [1.29, 1.82) is 0 Å². The van der Waals surface area contributed by atoms with E-state index in [9.17, 15) is 4.79 Å². The number of aliphatic carboxylic acids is 1. The number of rotatable bonds is 3. The SMILES string of the molecule is Cl.Cl.N[C@H](Cc1cnc[nH]1)C(=O)O. The summed E-state index contributed by atoms with van der Waals surface area (Å²) in [6.45, 7) is 0. The largest absolute Gasteiger partial charge is 0.480 e. The average molecular weight is 228 g/mol. The molecule has 0 fully saturated rings. The molecule has 1 atom stereocenters. The molecule has 1 aromatic heterocycles. The van der Waals surface area contributed by atoms with Crippen molar-refractivity contribution >= 4 is 30.8 Å². The molecule has 0 bridgehead atoms. The second kappa shape index (κ2) is 6.71. The number of carboxylic acids is 1. The summed E-state index contributed by atoms with van der Waals surface area (Å²) in [7, 11) is 0. The molecule has 0 aliphatic heterocycles. The Labute approximate surface area is 87.6 Å². The second-order valence-corrected chi connectivity index (χ2v) is 2.23. The molecule has 0 amide bonds. The van der Waals surface area contributed by atoms with Gasteiger partial charge in [-0.25, -0.2) is 4.98 Å². The van der Waals surface area contributed by atoms with Gasteiger partial charge in [0.15, 0.2) is 0 Å². The van der Waals surface area contributed by atoms with Crippen LogP contribution in [0.4, 0.5) is 0 Å². The predicted molar refractivity (Wildman–Crippen MR) is 52.4 cm³/mol. The highest BCUT2D eigenvalue weighted by molar-refractivity contribution is 5.85. The summed E-state index contributed by atoms with van der Waals surface area (Å²) in [6.07, 6.45) is 3.34. The number of nitrogens with zero attached hydrogens (tertiary/aromatic N) is 1. The third-order valence-corrected chi connectivity index (χ3v) is 1.31. The Bertz CT molecular complexity index is 240. The number of imidazole rings is 1. The van der Waals surface area contributed by atoms with Crippen LogP contribution in [0, 0.1) is 0 Å². The predicted octanol–water partition coefficient (Wildman–Crippen LogP) is 0.208. The van der Waals surface area contributed by atoms with E-state index in [2.05, 4.69) is 9.97 Å². The number of halogens is 2. The summed E-state index contributed by atoms with van der Waals surface area (Å²) in [4.78, 5) is 16.8. The monoisotopic (exact) mass is 227 g/mol. The van der Waals surface area contributed by atoms with E-state index in [0.717, 1.165) is 5.69 Å². The molecule has 0 saturated carbocycles. The highest BCUT2D eigenvalue weighted by atomic mass is 35.5. The van der Waals surface area contributed by atoms with Crippen molar-refractivity contribution in [3.8, 4) is 0 Å². The fourth-order valence-electron chi connectivity index (χ4n) is 0.721. The standard InChI is InChI=1S/C6H9N3O2.2ClH/c7-5(6(10)11)1-4-2-8-3-9-4;;/h2-3,5H,1,7H2,(H,8,9)(H,10,11);2*1H/t5-;;/m1../s1. The lowest BCUT2D eigenvalue weighted by Gasteiger charge is -2.02. The molecular formula is C6H11Cl2N3O2. The molecule has 76 valence electrons. The van der Waals surface area contributed by atoms with Gasteiger partial charge < -0.3 is 15.8 Å². The molecule has 1 rings (SSSR count). The molecule has 13 heavy (non-hydrogen) atoms. The Morgan fingerprint density at radius 3 is 2.69 bits per heavy atom. The van der Waals surface area contributed by atoms with Gasteiger partial charge in [-0.3, -0.25) is 4.79 Å². The number of aromatic amines is 1. The van der Waals surface area contributed by atoms with Crippen LogP contribution in [-0.4, -0.2) is 27.1 Å². The Kier molecular flexibility index (Phi) is 7.60. The number of carboxylic acid groups (broad SMARTS) is 1. The Morgan fingerprint density at radius 2 is 2.31 bits per heavy atom. The number of nitrogens with one attached hydrogen (secondary N) is 1. The lowest BCUT2D eigenvalue weighted by molar-refractivity contribution is -0.138. The van der Waals surface area contributed by atoms with Crippen molar-refractivity contribution < 1.29 is 9.90 Å². The molecule has 0 aliphatic carbocycles. The average Bonchev–Trinajstić information content (AvgIpc) is 2.39. The molecule has 5 nitrogen and oxygen atoms in total. The van der Waals surface area contributed by atoms with Crippen molar-refractivity contribution in [3.05, 3.63) is 18.2 Å². The molecule has 0 aliphatic rings. The van der Waals surface area contributed by atoms with E-state index in [0.29, 0.717) is 0 Å². The van der Waals surface area contributed by atoms with Crippen LogP contribution in [-0.2, 0) is 11.2 Å². The van der Waals surface area contributed by atoms with Crippen LogP contribution < -0.4 is 5.73 Å². The summed E-state index contributed by atoms with van der Waals surface area (Å²) in [6, 6.07) is -0.851. The second-order valence-electron chi connectivity index (χ2n) is 2.23. The zero-order valence-electron chi connectivity index (χ0n) is 6.64. The molecule has 1 aromatic rings. The van der Waals surface area contributed by atoms with E-state index in [-0.39, 0.29) is 31.2 Å². The summed E-state index contributed by atoms with van der Waals surface area (Å²) < 4.78 is 0. The molecule has 0 unspecified atom stereocenters. The molecule has 0 saturated heterocycles. The maximum absolute atomic E-state index is 10.3. The first-order valence-corrected chi connectivity index (χ1v) is 3.16. The molecule has 0 radical (unpaired) electrons. The van der Waals surface area contributed by atoms with Crippen LogP contribution in [0.2, 0.25) is 0 Å². The number of carbonyl (C=O) groups is 1. The van der Waals surface area contributed by atoms with Crippen molar-refractivity contribution in [1.82, 2.24) is 9.97 Å². The van der Waals surface area contributed by atoms with Crippen LogP contribution in [0.1, 0.15) is 5.69 Å². The van der Waals surface area contributed by atoms with Gasteiger partial charge in [-0.2, -0.15) is 0 Å². The van der Waals surface area contributed by atoms with E-state index in [1.54, 1.807) is 6.20 Å². The fourth-order valence-corrected chi connectivity index (χ4v) is 0.721. The van der Waals surface area contributed by atoms with Crippen LogP contribution in [0.25, 0.3) is 0 Å². The van der Waals surface area contributed by atoms with Crippen molar-refractivity contribution in [2.45, 2.75) is 12.5 Å². The quantitative estimate of drug-likeness (QED) is 0.689. The highest BCUT2D eigenvalue weighted by Gasteiger charge is 2.11. The van der Waals surface area contributed by atoms with Crippen LogP contribution in [0.5, 0.6) is 0 Å². The fraction of sp³-hybridized carbons (Fsp3) is 0.333. The van der Waals surface area contributed by atoms with Gasteiger partial charge in [0.2, 0.25) is 0 Å². The minimum atomic E-state index is -1.00. The van der Waals surface area contributed by atoms with E-state index in [1.165, 1.54) is 6.33 Å². The first-order valence-electron chi connectivity index (χ1n) is 3.16. The maximum Gasteiger partial charge on any atom is 0.320 e. The number of hydrogen-bond donors (Lipinski definition) is 3. The number of H-pyrrole nitrogens is 1. The normalized spacial score (nSPS) is 10.8. The smallest absolute Gasteiger partial charge is 0.320 e. The lowest BCUT2D eigenvalue weighted by atomic mass is 10.2. The van der Waals surface area contributed by atoms with Gasteiger partial charge in [0.25, 0.3) is 0 Å². The van der Waals surface area contributed by atoms with Gasteiger partial charge in [-0.05, 0) is 0 Å². The van der Waals surface area contributed by atoms with E-state index in [1.807, 2.05) is 0 Å². The molecular weight excluding hydrogens is 217 g/mol. The van der Waals surface area contributed by atoms with E-state index in [4.69, 9.17) is 10.8 Å². The van der Waals surface area contributed by atoms with Gasteiger partial charge in [-0.1, -0.05) is 0 Å². The highest BCUT2D eigenvalue weighted by Crippen LogP contribution is 1.95. The first-order chi connectivity index (χ1) is 5.20. The molecule has 4 N–H and O–H groups in total. The summed E-state index contributed by atoms with van der Waals surface area (Å²) in [5.74, 6) is -1.00. The third kappa shape index (κ3) is 4.72. The number of nitrogens with two attached hydrogens (primary N) is 1. The zero-order valence-corrected chi connectivity index (χ0v) is 8.27. The van der Waals surface area contributed by atoms with E-state index >= 15 is 0 Å². The third-order valence-electron chi connectivity index (χ3n) is 1.31. The van der Waals surface area contributed by atoms with Gasteiger partial charge in [-0.15, -0.1) is 24.8 Å². The summed E-state index contributed by atoms with van der Waals surface area (Å²) in [5, 5.41) is 8.42. The van der Waals surface area contributed by atoms with Gasteiger partial charge >= 0.3 is 5.97 Å². The van der Waals surface area contributed by atoms with Crippen molar-refractivity contribution in [2.75, 3.05) is 0 Å². The maximum atomic E-state index is 10.3. The van der Waals surface area contributed by atoms with Crippen molar-refractivity contribution in [2.24, 2.45) is 5.73 Å². The topological polar surface area (TPSA) is 92.0 Å². The van der Waals surface area contributed by atoms with E-state index < -0.39 is 12.0 Å². The van der Waals surface area contributed by atoms with Crippen molar-refractivity contribution in [3.63, 3.8) is 0 Å². The minimum Gasteiger partial charge on any atom is -0.480 e. The van der Waals surface area contributed by atoms with Crippen LogP contribution in [0.3, 0.4) is 0 Å². The zero-order chi connectivity index (χ0) is 8.27. The summed E-state index contributed by atoms with van der Waals surface area (Å²) in [5.41, 5.74) is 6.00. The summed E-state index contributed by atoms with van der Waals surface area (Å²) >= 11 is 0. The lowest BCUT2D eigenvalue weighted by Crippen LogP contribution is -2.32. The Hall–Kier alpha value is -0.780. The van der Waals surface area contributed by atoms with Gasteiger partial charge in [0.1, 0.15) is 6.04 Å². The van der Waals surface area contributed by atoms with Gasteiger partial charge in [0.05, 0.1) is 6.33 Å². The Morgan fingerprint density at radius 1 is 1.69 bits per heavy atom. The van der Waals surface area contributed by atoms with Crippen LogP contribution >= 0.6 is 24.8 Å². The van der Waals surface area contributed by atoms with Crippen LogP contribution in [0.15, 0.2) is 12.5 Å². The Balaban J connectivity index is 0. The van der Waals surface area contributed by atoms with Gasteiger partial charge in [0, 0.05) is 18.3 Å². The number of hydrogen-bond acceptors (Lipinski definition) is 3. The molecule has 0 aromatic carbocycles. The first kappa shape index (κ1) is 14.7. The minimum absolute atomic E-state index is 0.